The van der Waals surface area contributed by atoms with E-state index < -0.39 is 0 Å². The second kappa shape index (κ2) is 5.08. The number of aryl methyl sites for hydroxylation is 2. The van der Waals surface area contributed by atoms with Crippen molar-refractivity contribution in [1.82, 2.24) is 10.2 Å². The van der Waals surface area contributed by atoms with Crippen LogP contribution in [-0.2, 0) is 0 Å². The molecule has 0 saturated carbocycles. The monoisotopic (exact) mass is 234 g/mol. The number of hydrogen-bond donors (Lipinski definition) is 1. The van der Waals surface area contributed by atoms with Crippen molar-refractivity contribution in [3.63, 3.8) is 0 Å². The number of benzene rings is 1. The van der Waals surface area contributed by atoms with Gasteiger partial charge in [-0.2, -0.15) is 0 Å². The normalized spacial score (nSPS) is 14.9. The first-order chi connectivity index (χ1) is 8.16. The van der Waals surface area contributed by atoms with E-state index in [0.717, 1.165) is 24.4 Å². The molecule has 0 unspecified atom stereocenters. The Balaban J connectivity index is 1.85. The van der Waals surface area contributed by atoms with Crippen LogP contribution in [0.3, 0.4) is 0 Å². The van der Waals surface area contributed by atoms with Crippen LogP contribution in [-0.4, -0.2) is 37.2 Å². The summed E-state index contributed by atoms with van der Waals surface area (Å²) in [4.78, 5) is 13.1. The van der Waals surface area contributed by atoms with E-state index in [4.69, 9.17) is 4.74 Å². The summed E-state index contributed by atoms with van der Waals surface area (Å²) in [5.41, 5.74) is 2.31. The van der Waals surface area contributed by atoms with Gasteiger partial charge >= 0.3 is 6.03 Å². The number of nitrogens with one attached hydrogen (secondary N) is 1. The van der Waals surface area contributed by atoms with Gasteiger partial charge in [0.15, 0.2) is 0 Å². The zero-order chi connectivity index (χ0) is 12.3. The van der Waals surface area contributed by atoms with Crippen LogP contribution in [0.1, 0.15) is 11.1 Å². The Bertz CT molecular complexity index is 418. The molecule has 0 atom stereocenters. The highest BCUT2D eigenvalue weighted by atomic mass is 16.5. The molecule has 4 heteroatoms. The molecule has 1 fully saturated rings. The number of ether oxygens (including phenoxy) is 1. The van der Waals surface area contributed by atoms with Crippen LogP contribution in [0.25, 0.3) is 0 Å². The van der Waals surface area contributed by atoms with Gasteiger partial charge in [-0.25, -0.2) is 4.79 Å². The minimum Gasteiger partial charge on any atom is -0.491 e. The smallest absolute Gasteiger partial charge is 0.317 e. The first-order valence-electron chi connectivity index (χ1n) is 5.89. The molecule has 2 rings (SSSR count). The maximum atomic E-state index is 11.3. The molecule has 92 valence electrons. The zero-order valence-corrected chi connectivity index (χ0v) is 10.3. The van der Waals surface area contributed by atoms with Gasteiger partial charge in [0.1, 0.15) is 12.4 Å². The Kier molecular flexibility index (Phi) is 3.52. The fourth-order valence-electron chi connectivity index (χ4n) is 1.85. The molecule has 2 amide bonds. The van der Waals surface area contributed by atoms with Gasteiger partial charge in [0.05, 0.1) is 6.54 Å². The highest BCUT2D eigenvalue weighted by Gasteiger charge is 2.18. The summed E-state index contributed by atoms with van der Waals surface area (Å²) >= 11 is 0. The van der Waals surface area contributed by atoms with Crippen molar-refractivity contribution in [2.24, 2.45) is 0 Å². The highest BCUT2D eigenvalue weighted by molar-refractivity contribution is 5.76. The molecule has 1 saturated heterocycles. The largest absolute Gasteiger partial charge is 0.491 e. The summed E-state index contributed by atoms with van der Waals surface area (Å²) < 4.78 is 5.71. The minimum absolute atomic E-state index is 0.00886. The van der Waals surface area contributed by atoms with Gasteiger partial charge < -0.3 is 15.0 Å². The van der Waals surface area contributed by atoms with E-state index in [0.29, 0.717) is 13.2 Å². The first-order valence-corrected chi connectivity index (χ1v) is 5.89. The summed E-state index contributed by atoms with van der Waals surface area (Å²) in [5, 5.41) is 2.77. The highest BCUT2D eigenvalue weighted by Crippen LogP contribution is 2.18. The number of carbonyl (C=O) groups is 1. The Hall–Kier alpha value is -1.71. The lowest BCUT2D eigenvalue weighted by atomic mass is 10.1. The molecule has 0 aliphatic carbocycles. The van der Waals surface area contributed by atoms with Gasteiger partial charge in [-0.05, 0) is 31.0 Å². The van der Waals surface area contributed by atoms with Crippen LogP contribution >= 0.6 is 0 Å². The fraction of sp³-hybridized carbons (Fsp3) is 0.462. The molecule has 1 heterocycles. The lowest BCUT2D eigenvalue weighted by molar-refractivity contribution is 0.202. The van der Waals surface area contributed by atoms with Crippen LogP contribution in [0.2, 0.25) is 0 Å². The lowest BCUT2D eigenvalue weighted by Crippen LogP contribution is -2.31. The predicted molar refractivity (Wildman–Crippen MR) is 66.4 cm³/mol. The second-order valence-corrected chi connectivity index (χ2v) is 4.34. The quantitative estimate of drug-likeness (QED) is 0.861. The van der Waals surface area contributed by atoms with Gasteiger partial charge in [-0.1, -0.05) is 12.1 Å². The molecule has 0 aromatic heterocycles. The maximum absolute atomic E-state index is 11.3. The van der Waals surface area contributed by atoms with Crippen LogP contribution in [0.4, 0.5) is 4.79 Å². The third-order valence-corrected chi connectivity index (χ3v) is 2.91. The van der Waals surface area contributed by atoms with E-state index >= 15 is 0 Å². The van der Waals surface area contributed by atoms with Crippen molar-refractivity contribution in [2.45, 2.75) is 13.8 Å². The molecule has 1 aliphatic heterocycles. The SMILES string of the molecule is Cc1ccc(C)c(OCCN2CCNC2=O)c1. The molecule has 1 aliphatic rings. The number of rotatable bonds is 4. The number of carbonyl (C=O) groups excluding carboxylic acids is 1. The zero-order valence-electron chi connectivity index (χ0n) is 10.3. The average molecular weight is 234 g/mol. The molecular formula is C13H18N2O2. The van der Waals surface area contributed by atoms with Crippen LogP contribution in [0.5, 0.6) is 5.75 Å². The Morgan fingerprint density at radius 2 is 2.24 bits per heavy atom. The van der Waals surface area contributed by atoms with E-state index in [2.05, 4.69) is 11.4 Å². The molecule has 0 spiro atoms. The summed E-state index contributed by atoms with van der Waals surface area (Å²) in [7, 11) is 0. The first kappa shape index (κ1) is 11.8. The molecule has 17 heavy (non-hydrogen) atoms. The van der Waals surface area contributed by atoms with Crippen LogP contribution in [0, 0.1) is 13.8 Å². The number of amides is 2. The third kappa shape index (κ3) is 2.90. The Morgan fingerprint density at radius 1 is 1.41 bits per heavy atom. The predicted octanol–water partition coefficient (Wildman–Crippen LogP) is 1.71. The van der Waals surface area contributed by atoms with Crippen molar-refractivity contribution in [3.8, 4) is 5.75 Å². The Labute approximate surface area is 102 Å². The minimum atomic E-state index is 0.00886. The summed E-state index contributed by atoms with van der Waals surface area (Å²) in [6.45, 7) is 6.76. The van der Waals surface area contributed by atoms with Gasteiger partial charge in [0.25, 0.3) is 0 Å². The van der Waals surface area contributed by atoms with E-state index in [-0.39, 0.29) is 6.03 Å². The topological polar surface area (TPSA) is 41.6 Å². The molecule has 0 bridgehead atoms. The molecule has 0 radical (unpaired) electrons. The average Bonchev–Trinajstić information content (AvgIpc) is 2.70. The lowest BCUT2D eigenvalue weighted by Gasteiger charge is -2.15. The third-order valence-electron chi connectivity index (χ3n) is 2.91. The molecule has 1 N–H and O–H groups in total. The van der Waals surface area contributed by atoms with Crippen molar-refractivity contribution in [2.75, 3.05) is 26.2 Å². The maximum Gasteiger partial charge on any atom is 0.317 e. The van der Waals surface area contributed by atoms with Crippen LogP contribution in [0.15, 0.2) is 18.2 Å². The summed E-state index contributed by atoms with van der Waals surface area (Å²) in [6, 6.07) is 6.15. The van der Waals surface area contributed by atoms with Crippen molar-refractivity contribution >= 4 is 6.03 Å². The summed E-state index contributed by atoms with van der Waals surface area (Å²) in [6.07, 6.45) is 0. The Morgan fingerprint density at radius 3 is 2.94 bits per heavy atom. The standard InChI is InChI=1S/C13H18N2O2/c1-10-3-4-11(2)12(9-10)17-8-7-15-6-5-14-13(15)16/h3-4,9H,5-8H2,1-2H3,(H,14,16). The van der Waals surface area contributed by atoms with E-state index in [1.807, 2.05) is 26.0 Å². The van der Waals surface area contributed by atoms with Gasteiger partial charge in [0.2, 0.25) is 0 Å². The van der Waals surface area contributed by atoms with E-state index in [1.54, 1.807) is 4.90 Å². The molecule has 1 aromatic carbocycles. The van der Waals surface area contributed by atoms with Crippen molar-refractivity contribution in [3.05, 3.63) is 29.3 Å². The van der Waals surface area contributed by atoms with E-state index in [9.17, 15) is 4.79 Å². The molecule has 1 aromatic rings. The number of hydrogen-bond acceptors (Lipinski definition) is 2. The van der Waals surface area contributed by atoms with E-state index in [1.165, 1.54) is 5.56 Å². The molecular weight excluding hydrogens is 216 g/mol. The number of urea groups is 1. The second-order valence-electron chi connectivity index (χ2n) is 4.34. The van der Waals surface area contributed by atoms with Gasteiger partial charge in [-0.15, -0.1) is 0 Å². The summed E-state index contributed by atoms with van der Waals surface area (Å²) in [5.74, 6) is 0.907. The van der Waals surface area contributed by atoms with Gasteiger partial charge in [0, 0.05) is 13.1 Å². The van der Waals surface area contributed by atoms with Crippen LogP contribution < -0.4 is 10.1 Å². The van der Waals surface area contributed by atoms with Crippen molar-refractivity contribution < 1.29 is 9.53 Å². The fourth-order valence-corrected chi connectivity index (χ4v) is 1.85. The van der Waals surface area contributed by atoms with Crippen molar-refractivity contribution in [1.29, 1.82) is 0 Å². The molecule has 4 nitrogen and oxygen atoms in total. The van der Waals surface area contributed by atoms with Gasteiger partial charge in [-0.3, -0.25) is 0 Å². The number of nitrogens with zero attached hydrogens (tertiary/aromatic N) is 1.